The summed E-state index contributed by atoms with van der Waals surface area (Å²) < 4.78 is 0. The highest BCUT2D eigenvalue weighted by molar-refractivity contribution is 5.00. The van der Waals surface area contributed by atoms with Gasteiger partial charge in [-0.1, -0.05) is 135 Å². The first kappa shape index (κ1) is 30.7. The Bertz CT molecular complexity index is 496. The van der Waals surface area contributed by atoms with Gasteiger partial charge in [0.1, 0.15) is 0 Å². The van der Waals surface area contributed by atoms with Crippen LogP contribution in [0.15, 0.2) is 12.2 Å². The lowest BCUT2D eigenvalue weighted by atomic mass is 9.92. The summed E-state index contributed by atoms with van der Waals surface area (Å²) in [5.41, 5.74) is 1.26. The van der Waals surface area contributed by atoms with Gasteiger partial charge < -0.3 is 0 Å². The topological polar surface area (TPSA) is 47.6 Å². The minimum absolute atomic E-state index is 0.113. The molecule has 0 radical (unpaired) electrons. The second-order valence-electron chi connectivity index (χ2n) is 10.4. The smallest absolute Gasteiger partial charge is 0.0656 e. The van der Waals surface area contributed by atoms with Crippen LogP contribution in [0.5, 0.6) is 0 Å². The minimum atomic E-state index is 0.113. The number of allylic oxidation sites excluding steroid dienone is 1. The van der Waals surface area contributed by atoms with Crippen LogP contribution in [0.4, 0.5) is 0 Å². The molecule has 0 aliphatic rings. The number of hydrogen-bond donors (Lipinski definition) is 0. The van der Waals surface area contributed by atoms with Crippen molar-refractivity contribution in [2.45, 2.75) is 155 Å². The summed E-state index contributed by atoms with van der Waals surface area (Å²) in [6, 6.07) is 4.54. The van der Waals surface area contributed by atoms with E-state index in [2.05, 4.69) is 25.6 Å². The lowest BCUT2D eigenvalue weighted by molar-refractivity contribution is 0.468. The van der Waals surface area contributed by atoms with Crippen LogP contribution in [0.1, 0.15) is 155 Å². The Labute approximate surface area is 201 Å². The average Bonchev–Trinajstić information content (AvgIpc) is 2.77. The Morgan fingerprint density at radius 1 is 0.594 bits per heavy atom. The van der Waals surface area contributed by atoms with E-state index >= 15 is 0 Å². The van der Waals surface area contributed by atoms with Gasteiger partial charge in [0.2, 0.25) is 0 Å². The lowest BCUT2D eigenvalue weighted by Gasteiger charge is -2.14. The van der Waals surface area contributed by atoms with E-state index in [0.29, 0.717) is 5.92 Å². The SMILES string of the molecule is C=C(CC(C)C#N)CC(C)CCCCCCCCCCCCCCCCCCCCC#N. The number of unbranched alkanes of at least 4 members (excludes halogenated alkanes) is 18. The van der Waals surface area contributed by atoms with E-state index in [1.165, 1.54) is 121 Å². The van der Waals surface area contributed by atoms with E-state index in [0.717, 1.165) is 25.7 Å². The molecule has 0 bridgehead atoms. The highest BCUT2D eigenvalue weighted by Gasteiger charge is 2.08. The van der Waals surface area contributed by atoms with Crippen LogP contribution >= 0.6 is 0 Å². The van der Waals surface area contributed by atoms with Gasteiger partial charge in [-0.3, -0.25) is 0 Å². The zero-order valence-electron chi connectivity index (χ0n) is 21.8. The van der Waals surface area contributed by atoms with Crippen molar-refractivity contribution in [2.24, 2.45) is 11.8 Å². The zero-order valence-corrected chi connectivity index (χ0v) is 21.8. The fourth-order valence-electron chi connectivity index (χ4n) is 4.68. The normalized spacial score (nSPS) is 12.8. The molecule has 0 saturated carbocycles. The van der Waals surface area contributed by atoms with Crippen LogP contribution < -0.4 is 0 Å². The van der Waals surface area contributed by atoms with Crippen LogP contribution in [-0.4, -0.2) is 0 Å². The van der Waals surface area contributed by atoms with Crippen LogP contribution in [0, 0.1) is 34.5 Å². The zero-order chi connectivity index (χ0) is 23.7. The van der Waals surface area contributed by atoms with Crippen molar-refractivity contribution < 1.29 is 0 Å². The third-order valence-corrected chi connectivity index (χ3v) is 6.69. The molecule has 0 aromatic carbocycles. The van der Waals surface area contributed by atoms with Crippen molar-refractivity contribution in [1.29, 1.82) is 10.5 Å². The third-order valence-electron chi connectivity index (χ3n) is 6.69. The fraction of sp³-hybridized carbons (Fsp3) is 0.867. The predicted octanol–water partition coefficient (Wildman–Crippen LogP) is 10.4. The number of hydrogen-bond acceptors (Lipinski definition) is 2. The Kier molecular flexibility index (Phi) is 23.4. The lowest BCUT2D eigenvalue weighted by Crippen LogP contribution is -2.00. The van der Waals surface area contributed by atoms with Crippen molar-refractivity contribution in [1.82, 2.24) is 0 Å². The monoisotopic (exact) mass is 442 g/mol. The Hall–Kier alpha value is -1.28. The van der Waals surface area contributed by atoms with E-state index < -0.39 is 0 Å². The first-order chi connectivity index (χ1) is 15.6. The molecule has 0 heterocycles. The minimum Gasteiger partial charge on any atom is -0.198 e. The van der Waals surface area contributed by atoms with Crippen molar-refractivity contribution >= 4 is 0 Å². The highest BCUT2D eigenvalue weighted by atomic mass is 14.3. The molecule has 0 spiro atoms. The third kappa shape index (κ3) is 23.4. The van der Waals surface area contributed by atoms with E-state index in [1.807, 2.05) is 6.92 Å². The van der Waals surface area contributed by atoms with Gasteiger partial charge in [0.25, 0.3) is 0 Å². The predicted molar refractivity (Wildman–Crippen MR) is 140 cm³/mol. The van der Waals surface area contributed by atoms with Crippen LogP contribution in [0.3, 0.4) is 0 Å². The molecule has 0 saturated heterocycles. The van der Waals surface area contributed by atoms with Gasteiger partial charge in [0.05, 0.1) is 12.1 Å². The summed E-state index contributed by atoms with van der Waals surface area (Å²) in [7, 11) is 0. The van der Waals surface area contributed by atoms with E-state index in [4.69, 9.17) is 10.5 Å². The van der Waals surface area contributed by atoms with Gasteiger partial charge in [-0.2, -0.15) is 10.5 Å². The molecule has 0 fully saturated rings. The maximum Gasteiger partial charge on any atom is 0.0656 e. The van der Waals surface area contributed by atoms with Gasteiger partial charge in [0.15, 0.2) is 0 Å². The molecule has 2 unspecified atom stereocenters. The molecule has 0 amide bonds. The fourth-order valence-corrected chi connectivity index (χ4v) is 4.68. The quantitative estimate of drug-likeness (QED) is 0.110. The van der Waals surface area contributed by atoms with Gasteiger partial charge in [0, 0.05) is 12.3 Å². The standard InChI is InChI=1S/C30H54N2/c1-28(25-29(2)26-30(3)27-32)23-21-19-17-15-13-11-9-7-5-4-6-8-10-12-14-16-18-20-22-24-31/h28,30H,2,4-23,25-26H2,1,3H3. The molecule has 0 N–H and O–H groups in total. The highest BCUT2D eigenvalue weighted by Crippen LogP contribution is 2.22. The average molecular weight is 443 g/mol. The van der Waals surface area contributed by atoms with Crippen LogP contribution in [0.2, 0.25) is 0 Å². The van der Waals surface area contributed by atoms with E-state index in [9.17, 15) is 0 Å². The molecular weight excluding hydrogens is 388 g/mol. The second kappa shape index (κ2) is 24.4. The van der Waals surface area contributed by atoms with Gasteiger partial charge in [-0.05, 0) is 32.1 Å². The van der Waals surface area contributed by atoms with Crippen molar-refractivity contribution in [3.8, 4) is 12.1 Å². The van der Waals surface area contributed by atoms with Gasteiger partial charge in [-0.25, -0.2) is 0 Å². The van der Waals surface area contributed by atoms with Crippen molar-refractivity contribution in [3.05, 3.63) is 12.2 Å². The number of nitriles is 2. The van der Waals surface area contributed by atoms with Crippen LogP contribution in [0.25, 0.3) is 0 Å². The first-order valence-corrected chi connectivity index (χ1v) is 14.0. The van der Waals surface area contributed by atoms with Crippen LogP contribution in [-0.2, 0) is 0 Å². The first-order valence-electron chi connectivity index (χ1n) is 14.0. The summed E-state index contributed by atoms with van der Waals surface area (Å²) in [6.45, 7) is 8.48. The molecule has 2 atom stereocenters. The molecule has 0 aromatic rings. The molecule has 32 heavy (non-hydrogen) atoms. The van der Waals surface area contributed by atoms with Gasteiger partial charge in [-0.15, -0.1) is 0 Å². The molecule has 2 heteroatoms. The summed E-state index contributed by atoms with van der Waals surface area (Å²) in [5, 5.41) is 17.4. The number of nitrogens with zero attached hydrogens (tertiary/aromatic N) is 2. The maximum atomic E-state index is 8.90. The van der Waals surface area contributed by atoms with Gasteiger partial charge >= 0.3 is 0 Å². The molecule has 0 rings (SSSR count). The molecule has 2 nitrogen and oxygen atoms in total. The summed E-state index contributed by atoms with van der Waals surface area (Å²) in [5.74, 6) is 0.829. The summed E-state index contributed by atoms with van der Waals surface area (Å²) in [6.07, 6.45) is 28.8. The molecule has 0 aliphatic heterocycles. The largest absolute Gasteiger partial charge is 0.198 e. The molecule has 0 aromatic heterocycles. The second-order valence-corrected chi connectivity index (χ2v) is 10.4. The molecular formula is C30H54N2. The summed E-state index contributed by atoms with van der Waals surface area (Å²) in [4.78, 5) is 0. The van der Waals surface area contributed by atoms with Crippen molar-refractivity contribution in [3.63, 3.8) is 0 Å². The van der Waals surface area contributed by atoms with E-state index in [1.54, 1.807) is 0 Å². The Morgan fingerprint density at radius 3 is 1.34 bits per heavy atom. The molecule has 0 aliphatic carbocycles. The maximum absolute atomic E-state index is 8.90. The summed E-state index contributed by atoms with van der Waals surface area (Å²) >= 11 is 0. The Morgan fingerprint density at radius 2 is 0.969 bits per heavy atom. The number of rotatable bonds is 24. The van der Waals surface area contributed by atoms with E-state index in [-0.39, 0.29) is 5.92 Å². The molecule has 184 valence electrons. The Balaban J connectivity index is 3.21. The van der Waals surface area contributed by atoms with Crippen molar-refractivity contribution in [2.75, 3.05) is 0 Å².